The van der Waals surface area contributed by atoms with E-state index in [1.54, 1.807) is 14.0 Å². The maximum absolute atomic E-state index is 10.8. The lowest BCUT2D eigenvalue weighted by molar-refractivity contribution is 0.0684. The summed E-state index contributed by atoms with van der Waals surface area (Å²) in [5.74, 6) is -0.475. The first-order chi connectivity index (χ1) is 8.13. The van der Waals surface area contributed by atoms with Gasteiger partial charge in [0.15, 0.2) is 0 Å². The number of imidazole rings is 1. The fourth-order valence-electron chi connectivity index (χ4n) is 1.66. The lowest BCUT2D eigenvalue weighted by Crippen LogP contribution is -1.98. The van der Waals surface area contributed by atoms with Crippen LogP contribution >= 0.6 is 0 Å². The normalized spacial score (nSPS) is 10.2. The van der Waals surface area contributed by atoms with Crippen molar-refractivity contribution in [1.82, 2.24) is 9.97 Å². The Morgan fingerprint density at radius 3 is 2.71 bits per heavy atom. The molecule has 17 heavy (non-hydrogen) atoms. The van der Waals surface area contributed by atoms with Crippen LogP contribution in [0.1, 0.15) is 16.3 Å². The van der Waals surface area contributed by atoms with Crippen LogP contribution in [-0.2, 0) is 0 Å². The van der Waals surface area contributed by atoms with E-state index in [1.807, 2.05) is 24.3 Å². The van der Waals surface area contributed by atoms with Crippen LogP contribution < -0.4 is 4.74 Å². The molecule has 0 aliphatic heterocycles. The Kier molecular flexibility index (Phi) is 2.82. The standard InChI is InChI=1S/C12H12N2O3/c1-7-10(14-11(13-7)12(15)16)8-5-3-4-6-9(8)17-2/h3-6H,1-2H3,(H,13,14)(H,15,16). The molecule has 0 bridgehead atoms. The largest absolute Gasteiger partial charge is 0.496 e. The number of carboxylic acid groups (broad SMARTS) is 1. The molecule has 0 saturated carbocycles. The third-order valence-electron chi connectivity index (χ3n) is 2.45. The number of hydrogen-bond donors (Lipinski definition) is 2. The molecule has 1 heterocycles. The molecule has 5 heteroatoms. The van der Waals surface area contributed by atoms with E-state index in [4.69, 9.17) is 9.84 Å². The topological polar surface area (TPSA) is 75.2 Å². The summed E-state index contributed by atoms with van der Waals surface area (Å²) < 4.78 is 5.22. The average Bonchev–Trinajstić information content (AvgIpc) is 2.71. The van der Waals surface area contributed by atoms with Crippen LogP contribution in [0.4, 0.5) is 0 Å². The fraction of sp³-hybridized carbons (Fsp3) is 0.167. The number of aryl methyl sites for hydroxylation is 1. The number of rotatable bonds is 3. The van der Waals surface area contributed by atoms with Gasteiger partial charge in [0.25, 0.3) is 0 Å². The summed E-state index contributed by atoms with van der Waals surface area (Å²) in [4.78, 5) is 17.6. The molecule has 0 unspecified atom stereocenters. The molecule has 5 nitrogen and oxygen atoms in total. The van der Waals surface area contributed by atoms with Gasteiger partial charge in [-0.05, 0) is 19.1 Å². The van der Waals surface area contributed by atoms with Crippen LogP contribution in [0.15, 0.2) is 24.3 Å². The van der Waals surface area contributed by atoms with E-state index in [0.717, 1.165) is 5.56 Å². The van der Waals surface area contributed by atoms with Crippen LogP contribution in [0.2, 0.25) is 0 Å². The van der Waals surface area contributed by atoms with Gasteiger partial charge in [0, 0.05) is 11.3 Å². The number of carboxylic acids is 1. The minimum Gasteiger partial charge on any atom is -0.496 e. The molecule has 0 saturated heterocycles. The fourth-order valence-corrected chi connectivity index (χ4v) is 1.66. The Hall–Kier alpha value is -2.30. The van der Waals surface area contributed by atoms with Crippen molar-refractivity contribution < 1.29 is 14.6 Å². The van der Waals surface area contributed by atoms with Crippen LogP contribution in [0.5, 0.6) is 5.75 Å². The zero-order chi connectivity index (χ0) is 12.4. The van der Waals surface area contributed by atoms with Crippen molar-refractivity contribution >= 4 is 5.97 Å². The summed E-state index contributed by atoms with van der Waals surface area (Å²) in [5, 5.41) is 8.87. The zero-order valence-electron chi connectivity index (χ0n) is 9.52. The van der Waals surface area contributed by atoms with Crippen LogP contribution in [0.25, 0.3) is 11.3 Å². The predicted molar refractivity (Wildman–Crippen MR) is 62.3 cm³/mol. The van der Waals surface area contributed by atoms with Gasteiger partial charge in [-0.15, -0.1) is 0 Å². The van der Waals surface area contributed by atoms with E-state index in [-0.39, 0.29) is 5.82 Å². The molecule has 0 amide bonds. The number of aromatic carboxylic acids is 1. The number of benzene rings is 1. The highest BCUT2D eigenvalue weighted by molar-refractivity contribution is 5.85. The Bertz CT molecular complexity index is 561. The second-order valence-electron chi connectivity index (χ2n) is 3.56. The Balaban J connectivity index is 2.56. The van der Waals surface area contributed by atoms with Gasteiger partial charge in [-0.3, -0.25) is 0 Å². The first-order valence-corrected chi connectivity index (χ1v) is 5.06. The summed E-state index contributed by atoms with van der Waals surface area (Å²) in [7, 11) is 1.57. The summed E-state index contributed by atoms with van der Waals surface area (Å²) in [5.41, 5.74) is 2.07. The van der Waals surface area contributed by atoms with E-state index in [0.29, 0.717) is 17.1 Å². The Morgan fingerprint density at radius 1 is 1.41 bits per heavy atom. The third kappa shape index (κ3) is 1.99. The van der Waals surface area contributed by atoms with E-state index < -0.39 is 5.97 Å². The number of hydrogen-bond acceptors (Lipinski definition) is 3. The second kappa shape index (κ2) is 4.29. The van der Waals surface area contributed by atoms with Crippen molar-refractivity contribution in [2.24, 2.45) is 0 Å². The molecule has 0 aliphatic carbocycles. The second-order valence-corrected chi connectivity index (χ2v) is 3.56. The first kappa shape index (κ1) is 11.2. The van der Waals surface area contributed by atoms with Gasteiger partial charge in [-0.2, -0.15) is 0 Å². The molecular weight excluding hydrogens is 220 g/mol. The number of H-pyrrole nitrogens is 1. The zero-order valence-corrected chi connectivity index (χ0v) is 9.52. The van der Waals surface area contributed by atoms with Crippen molar-refractivity contribution in [1.29, 1.82) is 0 Å². The van der Waals surface area contributed by atoms with Gasteiger partial charge < -0.3 is 14.8 Å². The minimum absolute atomic E-state index is 0.0663. The van der Waals surface area contributed by atoms with Crippen molar-refractivity contribution in [3.8, 4) is 17.0 Å². The highest BCUT2D eigenvalue weighted by Crippen LogP contribution is 2.30. The molecule has 0 atom stereocenters. The number of nitrogens with one attached hydrogen (secondary N) is 1. The summed E-state index contributed by atoms with van der Waals surface area (Å²) >= 11 is 0. The number of nitrogens with zero attached hydrogens (tertiary/aromatic N) is 1. The van der Waals surface area contributed by atoms with E-state index in [2.05, 4.69) is 9.97 Å². The molecule has 2 rings (SSSR count). The SMILES string of the molecule is COc1ccccc1-c1nc(C(=O)O)[nH]c1C. The number of ether oxygens (including phenoxy) is 1. The van der Waals surface area contributed by atoms with Crippen molar-refractivity contribution in [2.45, 2.75) is 6.92 Å². The van der Waals surface area contributed by atoms with E-state index >= 15 is 0 Å². The molecule has 0 aliphatic rings. The van der Waals surface area contributed by atoms with Crippen molar-refractivity contribution in [3.63, 3.8) is 0 Å². The summed E-state index contributed by atoms with van der Waals surface area (Å²) in [6.07, 6.45) is 0. The third-order valence-corrected chi connectivity index (χ3v) is 2.45. The quantitative estimate of drug-likeness (QED) is 0.849. The maximum Gasteiger partial charge on any atom is 0.371 e. The van der Waals surface area contributed by atoms with Gasteiger partial charge in [0.2, 0.25) is 5.82 Å². The van der Waals surface area contributed by atoms with Gasteiger partial charge >= 0.3 is 5.97 Å². The van der Waals surface area contributed by atoms with Crippen LogP contribution in [0.3, 0.4) is 0 Å². The monoisotopic (exact) mass is 232 g/mol. The molecule has 0 radical (unpaired) electrons. The minimum atomic E-state index is -1.07. The average molecular weight is 232 g/mol. The lowest BCUT2D eigenvalue weighted by Gasteiger charge is -2.05. The van der Waals surface area contributed by atoms with Gasteiger partial charge in [-0.1, -0.05) is 12.1 Å². The van der Waals surface area contributed by atoms with Gasteiger partial charge in [-0.25, -0.2) is 9.78 Å². The molecule has 2 aromatic rings. The number of carbonyl (C=O) groups is 1. The molecule has 88 valence electrons. The molecule has 1 aromatic carbocycles. The Morgan fingerprint density at radius 2 is 2.12 bits per heavy atom. The smallest absolute Gasteiger partial charge is 0.371 e. The summed E-state index contributed by atoms with van der Waals surface area (Å²) in [6, 6.07) is 7.35. The van der Waals surface area contributed by atoms with E-state index in [1.165, 1.54) is 0 Å². The maximum atomic E-state index is 10.8. The van der Waals surface area contributed by atoms with Crippen LogP contribution in [0, 0.1) is 6.92 Å². The number of para-hydroxylation sites is 1. The summed E-state index contributed by atoms with van der Waals surface area (Å²) in [6.45, 7) is 1.78. The van der Waals surface area contributed by atoms with Gasteiger partial charge in [0.1, 0.15) is 5.75 Å². The molecular formula is C12H12N2O3. The highest BCUT2D eigenvalue weighted by atomic mass is 16.5. The highest BCUT2D eigenvalue weighted by Gasteiger charge is 2.16. The lowest BCUT2D eigenvalue weighted by atomic mass is 10.1. The molecule has 0 spiro atoms. The molecule has 2 N–H and O–H groups in total. The number of aromatic nitrogens is 2. The van der Waals surface area contributed by atoms with Crippen molar-refractivity contribution in [2.75, 3.05) is 7.11 Å². The Labute approximate surface area is 98.1 Å². The van der Waals surface area contributed by atoms with Crippen LogP contribution in [-0.4, -0.2) is 28.2 Å². The molecule has 0 fully saturated rings. The van der Waals surface area contributed by atoms with E-state index in [9.17, 15) is 4.79 Å². The van der Waals surface area contributed by atoms with Gasteiger partial charge in [0.05, 0.1) is 12.8 Å². The number of methoxy groups -OCH3 is 1. The first-order valence-electron chi connectivity index (χ1n) is 5.06. The van der Waals surface area contributed by atoms with Crippen molar-refractivity contribution in [3.05, 3.63) is 35.8 Å². The number of aromatic amines is 1. The molecule has 1 aromatic heterocycles. The predicted octanol–water partition coefficient (Wildman–Crippen LogP) is 2.09.